The molecular weight excluding hydrogens is 341 g/mol. The lowest BCUT2D eigenvalue weighted by molar-refractivity contribution is -0.918. The summed E-state index contributed by atoms with van der Waals surface area (Å²) in [5, 5.41) is 3.20. The first-order valence-corrected chi connectivity index (χ1v) is 9.81. The van der Waals surface area contributed by atoms with Gasteiger partial charge in [-0.3, -0.25) is 4.79 Å². The SMILES string of the molecule is C[NH+](CC(=O)NC1CC[NH+](Cc2ccccc2)CC1)Cc1ccc(F)cc1. The van der Waals surface area contributed by atoms with Gasteiger partial charge in [0, 0.05) is 30.0 Å². The summed E-state index contributed by atoms with van der Waals surface area (Å²) in [5.41, 5.74) is 2.42. The number of carbonyl (C=O) groups excluding carboxylic acids is 1. The fourth-order valence-corrected chi connectivity index (χ4v) is 3.80. The molecule has 4 nitrogen and oxygen atoms in total. The Morgan fingerprint density at radius 2 is 1.74 bits per heavy atom. The van der Waals surface area contributed by atoms with Gasteiger partial charge in [-0.15, -0.1) is 0 Å². The van der Waals surface area contributed by atoms with Crippen molar-refractivity contribution >= 4 is 5.91 Å². The first-order valence-electron chi connectivity index (χ1n) is 9.81. The Kier molecular flexibility index (Phi) is 6.96. The van der Waals surface area contributed by atoms with E-state index in [-0.39, 0.29) is 17.8 Å². The second kappa shape index (κ2) is 9.62. The monoisotopic (exact) mass is 371 g/mol. The van der Waals surface area contributed by atoms with Crippen LogP contribution in [-0.4, -0.2) is 38.6 Å². The van der Waals surface area contributed by atoms with Crippen LogP contribution in [0.4, 0.5) is 4.39 Å². The Morgan fingerprint density at radius 3 is 2.41 bits per heavy atom. The number of halogens is 1. The summed E-state index contributed by atoms with van der Waals surface area (Å²) in [6, 6.07) is 17.4. The predicted octanol–water partition coefficient (Wildman–Crippen LogP) is 0.204. The van der Waals surface area contributed by atoms with Crippen molar-refractivity contribution in [3.8, 4) is 0 Å². The molecule has 1 atom stereocenters. The predicted molar refractivity (Wildman–Crippen MR) is 104 cm³/mol. The zero-order valence-electron chi connectivity index (χ0n) is 16.0. The fraction of sp³-hybridized carbons (Fsp3) is 0.409. The molecule has 1 unspecified atom stereocenters. The lowest BCUT2D eigenvalue weighted by Gasteiger charge is -2.30. The molecule has 3 N–H and O–H groups in total. The van der Waals surface area contributed by atoms with Crippen LogP contribution in [0.2, 0.25) is 0 Å². The van der Waals surface area contributed by atoms with Gasteiger partial charge < -0.3 is 15.1 Å². The molecule has 0 aromatic heterocycles. The first-order chi connectivity index (χ1) is 13.1. The molecule has 144 valence electrons. The van der Waals surface area contributed by atoms with Crippen molar-refractivity contribution in [2.45, 2.75) is 32.0 Å². The largest absolute Gasteiger partial charge is 0.348 e. The molecule has 3 rings (SSSR count). The quantitative estimate of drug-likeness (QED) is 0.639. The van der Waals surface area contributed by atoms with Gasteiger partial charge >= 0.3 is 0 Å². The summed E-state index contributed by atoms with van der Waals surface area (Å²) in [5.74, 6) is -0.124. The van der Waals surface area contributed by atoms with Crippen LogP contribution in [0.1, 0.15) is 24.0 Å². The Balaban J connectivity index is 1.37. The van der Waals surface area contributed by atoms with Crippen LogP contribution < -0.4 is 15.1 Å². The van der Waals surface area contributed by atoms with Crippen molar-refractivity contribution in [3.05, 3.63) is 71.5 Å². The van der Waals surface area contributed by atoms with Crippen molar-refractivity contribution < 1.29 is 19.0 Å². The van der Waals surface area contributed by atoms with Gasteiger partial charge in [-0.25, -0.2) is 4.39 Å². The number of amides is 1. The maximum absolute atomic E-state index is 13.0. The Morgan fingerprint density at radius 1 is 1.07 bits per heavy atom. The van der Waals surface area contributed by atoms with Crippen molar-refractivity contribution in [1.29, 1.82) is 0 Å². The number of likely N-dealkylation sites (tertiary alicyclic amines) is 1. The standard InChI is InChI=1S/C22H28FN3O/c1-25(15-19-7-9-20(23)10-8-19)17-22(27)24-21-11-13-26(14-12-21)16-18-5-3-2-4-6-18/h2-10,21H,11-17H2,1H3,(H,24,27)/p+2. The van der Waals surface area contributed by atoms with Crippen LogP contribution >= 0.6 is 0 Å². The summed E-state index contributed by atoms with van der Waals surface area (Å²) < 4.78 is 13.0. The average molecular weight is 372 g/mol. The van der Waals surface area contributed by atoms with E-state index in [0.717, 1.165) is 42.9 Å². The molecule has 0 radical (unpaired) electrons. The topological polar surface area (TPSA) is 38.0 Å². The first kappa shape index (κ1) is 19.5. The average Bonchev–Trinajstić information content (AvgIpc) is 2.66. The second-order valence-electron chi connectivity index (χ2n) is 7.69. The summed E-state index contributed by atoms with van der Waals surface area (Å²) in [7, 11) is 2.00. The number of hydrogen-bond donors (Lipinski definition) is 3. The minimum absolute atomic E-state index is 0.103. The van der Waals surface area contributed by atoms with E-state index in [2.05, 4.69) is 35.6 Å². The van der Waals surface area contributed by atoms with E-state index in [4.69, 9.17) is 0 Å². The van der Waals surface area contributed by atoms with E-state index >= 15 is 0 Å². The Hall–Kier alpha value is -2.24. The zero-order valence-corrected chi connectivity index (χ0v) is 16.0. The van der Waals surface area contributed by atoms with Gasteiger partial charge in [0.2, 0.25) is 0 Å². The van der Waals surface area contributed by atoms with Crippen molar-refractivity contribution in [2.75, 3.05) is 26.7 Å². The van der Waals surface area contributed by atoms with Crippen LogP contribution in [0.5, 0.6) is 0 Å². The van der Waals surface area contributed by atoms with Crippen LogP contribution in [0.25, 0.3) is 0 Å². The fourth-order valence-electron chi connectivity index (χ4n) is 3.80. The summed E-state index contributed by atoms with van der Waals surface area (Å²) >= 11 is 0. The van der Waals surface area contributed by atoms with Crippen molar-refractivity contribution in [2.24, 2.45) is 0 Å². The van der Waals surface area contributed by atoms with E-state index in [9.17, 15) is 9.18 Å². The molecule has 1 amide bonds. The van der Waals surface area contributed by atoms with Gasteiger partial charge in [-0.1, -0.05) is 42.5 Å². The number of nitrogens with one attached hydrogen (secondary N) is 3. The molecule has 2 aromatic rings. The molecule has 1 aliphatic rings. The molecule has 27 heavy (non-hydrogen) atoms. The third kappa shape index (κ3) is 6.45. The van der Waals surface area contributed by atoms with E-state index < -0.39 is 0 Å². The van der Waals surface area contributed by atoms with Crippen LogP contribution in [0.3, 0.4) is 0 Å². The zero-order chi connectivity index (χ0) is 19.1. The highest BCUT2D eigenvalue weighted by molar-refractivity contribution is 5.77. The lowest BCUT2D eigenvalue weighted by atomic mass is 10.0. The molecule has 0 bridgehead atoms. The molecule has 1 heterocycles. The normalized spacial score (nSPS) is 20.8. The van der Waals surface area contributed by atoms with E-state index in [1.54, 1.807) is 17.0 Å². The van der Waals surface area contributed by atoms with Gasteiger partial charge in [0.1, 0.15) is 18.9 Å². The number of quaternary nitrogens is 2. The molecular formula is C22H30FN3O+2. The van der Waals surface area contributed by atoms with Gasteiger partial charge in [-0.2, -0.15) is 0 Å². The maximum atomic E-state index is 13.0. The highest BCUT2D eigenvalue weighted by Crippen LogP contribution is 2.02. The molecule has 0 saturated carbocycles. The minimum Gasteiger partial charge on any atom is -0.348 e. The van der Waals surface area contributed by atoms with E-state index in [0.29, 0.717) is 13.1 Å². The van der Waals surface area contributed by atoms with Crippen molar-refractivity contribution in [3.63, 3.8) is 0 Å². The third-order valence-electron chi connectivity index (χ3n) is 5.24. The number of benzene rings is 2. The number of rotatable bonds is 7. The molecule has 2 aromatic carbocycles. The highest BCUT2D eigenvalue weighted by atomic mass is 19.1. The Bertz CT molecular complexity index is 712. The lowest BCUT2D eigenvalue weighted by Crippen LogP contribution is -3.12. The van der Waals surface area contributed by atoms with Gasteiger partial charge in [-0.05, 0) is 12.1 Å². The maximum Gasteiger partial charge on any atom is 0.275 e. The van der Waals surface area contributed by atoms with E-state index in [1.807, 2.05) is 7.05 Å². The number of hydrogen-bond acceptors (Lipinski definition) is 1. The number of piperidine rings is 1. The Labute approximate surface area is 161 Å². The molecule has 1 saturated heterocycles. The van der Waals surface area contributed by atoms with Gasteiger partial charge in [0.25, 0.3) is 5.91 Å². The minimum atomic E-state index is -0.227. The third-order valence-corrected chi connectivity index (χ3v) is 5.24. The van der Waals surface area contributed by atoms with E-state index in [1.165, 1.54) is 17.7 Å². The summed E-state index contributed by atoms with van der Waals surface area (Å²) in [6.07, 6.45) is 2.07. The van der Waals surface area contributed by atoms with Crippen LogP contribution in [-0.2, 0) is 17.9 Å². The van der Waals surface area contributed by atoms with Crippen molar-refractivity contribution in [1.82, 2.24) is 5.32 Å². The number of carbonyl (C=O) groups is 1. The van der Waals surface area contributed by atoms with Crippen LogP contribution in [0, 0.1) is 5.82 Å². The molecule has 1 aliphatic heterocycles. The molecule has 5 heteroatoms. The van der Waals surface area contributed by atoms with Crippen LogP contribution in [0.15, 0.2) is 54.6 Å². The summed E-state index contributed by atoms with van der Waals surface area (Å²) in [6.45, 7) is 4.41. The van der Waals surface area contributed by atoms with Gasteiger partial charge in [0.15, 0.2) is 6.54 Å². The number of likely N-dealkylation sites (N-methyl/N-ethyl adjacent to an activating group) is 1. The molecule has 0 spiro atoms. The summed E-state index contributed by atoms with van der Waals surface area (Å²) in [4.78, 5) is 15.0. The van der Waals surface area contributed by atoms with Gasteiger partial charge in [0.05, 0.1) is 20.1 Å². The molecule has 1 fully saturated rings. The highest BCUT2D eigenvalue weighted by Gasteiger charge is 2.24. The molecule has 0 aliphatic carbocycles. The smallest absolute Gasteiger partial charge is 0.275 e. The second-order valence-corrected chi connectivity index (χ2v) is 7.69.